The minimum atomic E-state index is -0.449. The van der Waals surface area contributed by atoms with Crippen LogP contribution >= 0.6 is 0 Å². The Bertz CT molecular complexity index is 1660. The van der Waals surface area contributed by atoms with Gasteiger partial charge in [-0.15, -0.1) is 0 Å². The predicted octanol–water partition coefficient (Wildman–Crippen LogP) is 4.78. The maximum Gasteiger partial charge on any atom is 0.345 e. The number of methoxy groups -OCH3 is 1. The number of hydrogen-bond donors (Lipinski definition) is 2. The van der Waals surface area contributed by atoms with Gasteiger partial charge in [0, 0.05) is 29.7 Å². The van der Waals surface area contributed by atoms with Crippen molar-refractivity contribution >= 4 is 32.9 Å². The number of nitrogens with two attached hydrogens (primary N) is 1. The Morgan fingerprint density at radius 2 is 1.92 bits per heavy atom. The van der Waals surface area contributed by atoms with Crippen molar-refractivity contribution in [1.82, 2.24) is 14.5 Å². The van der Waals surface area contributed by atoms with Crippen molar-refractivity contribution in [2.75, 3.05) is 7.11 Å². The SMILES string of the molecule is COc1ccc2ncc(=O)n(C3CCCCC3)c2c1.NCc1cc2c(=O)oc3ccc(F)cc3c2[nH]1. The van der Waals surface area contributed by atoms with Gasteiger partial charge >= 0.3 is 5.63 Å². The molecule has 1 aliphatic rings. The van der Waals surface area contributed by atoms with Crippen molar-refractivity contribution in [2.24, 2.45) is 5.73 Å². The zero-order valence-electron chi connectivity index (χ0n) is 19.9. The maximum absolute atomic E-state index is 13.2. The lowest BCUT2D eigenvalue weighted by Crippen LogP contribution is -2.26. The Morgan fingerprint density at radius 1 is 1.11 bits per heavy atom. The van der Waals surface area contributed by atoms with Crippen molar-refractivity contribution < 1.29 is 13.5 Å². The van der Waals surface area contributed by atoms with Crippen LogP contribution in [0.5, 0.6) is 5.75 Å². The van der Waals surface area contributed by atoms with Gasteiger partial charge in [-0.25, -0.2) is 14.2 Å². The molecule has 0 aliphatic heterocycles. The summed E-state index contributed by atoms with van der Waals surface area (Å²) in [6.07, 6.45) is 7.27. The van der Waals surface area contributed by atoms with Crippen molar-refractivity contribution in [1.29, 1.82) is 0 Å². The molecule has 2 aromatic carbocycles. The van der Waals surface area contributed by atoms with Crippen LogP contribution in [-0.2, 0) is 6.54 Å². The summed E-state index contributed by atoms with van der Waals surface area (Å²) in [6.45, 7) is 0.283. The van der Waals surface area contributed by atoms with E-state index in [-0.39, 0.29) is 17.9 Å². The summed E-state index contributed by atoms with van der Waals surface area (Å²) in [5.74, 6) is 0.390. The second-order valence-electron chi connectivity index (χ2n) is 8.93. The van der Waals surface area contributed by atoms with E-state index in [0.717, 1.165) is 29.6 Å². The lowest BCUT2D eigenvalue weighted by Gasteiger charge is -2.25. The van der Waals surface area contributed by atoms with E-state index in [2.05, 4.69) is 9.97 Å². The van der Waals surface area contributed by atoms with E-state index in [0.29, 0.717) is 33.6 Å². The van der Waals surface area contributed by atoms with Crippen LogP contribution in [0.2, 0.25) is 0 Å². The number of hydrogen-bond acceptors (Lipinski definition) is 6. The standard InChI is InChI=1S/C15H18N2O2.C12H9FN2O2/c1-19-12-7-8-13-14(9-12)17(15(18)10-16-13)11-5-3-2-4-6-11;13-6-1-2-10-8(3-6)11-9(12(16)17-10)4-7(5-14)15-11/h7-11H,2-6H2,1H3;1-4,15H,5,14H2. The van der Waals surface area contributed by atoms with E-state index >= 15 is 0 Å². The molecule has 9 heteroatoms. The molecule has 0 amide bonds. The molecule has 0 atom stereocenters. The van der Waals surface area contributed by atoms with Crippen LogP contribution in [0.1, 0.15) is 43.8 Å². The molecule has 6 rings (SSSR count). The van der Waals surface area contributed by atoms with Gasteiger partial charge in [-0.05, 0) is 49.2 Å². The molecule has 0 unspecified atom stereocenters. The third kappa shape index (κ3) is 4.49. The molecule has 3 heterocycles. The molecule has 8 nitrogen and oxygen atoms in total. The van der Waals surface area contributed by atoms with E-state index in [1.807, 2.05) is 22.8 Å². The fraction of sp³-hybridized carbons (Fsp3) is 0.296. The number of fused-ring (bicyclic) bond motifs is 4. The summed E-state index contributed by atoms with van der Waals surface area (Å²) in [5.41, 5.74) is 8.42. The van der Waals surface area contributed by atoms with Crippen LogP contribution in [0.15, 0.2) is 62.7 Å². The number of benzene rings is 2. The highest BCUT2D eigenvalue weighted by molar-refractivity contribution is 6.02. The number of aromatic amines is 1. The van der Waals surface area contributed by atoms with Crippen molar-refractivity contribution in [3.8, 4) is 5.75 Å². The molecule has 3 N–H and O–H groups in total. The van der Waals surface area contributed by atoms with Gasteiger partial charge in [0.2, 0.25) is 0 Å². The van der Waals surface area contributed by atoms with E-state index in [4.69, 9.17) is 14.9 Å². The molecule has 36 heavy (non-hydrogen) atoms. The van der Waals surface area contributed by atoms with E-state index in [9.17, 15) is 14.0 Å². The summed E-state index contributed by atoms with van der Waals surface area (Å²) < 4.78 is 25.5. The molecule has 0 radical (unpaired) electrons. The first-order valence-electron chi connectivity index (χ1n) is 12.0. The Hall–Kier alpha value is -3.98. The number of rotatable bonds is 3. The zero-order chi connectivity index (χ0) is 25.2. The van der Waals surface area contributed by atoms with Crippen LogP contribution in [0.4, 0.5) is 4.39 Å². The summed E-state index contributed by atoms with van der Waals surface area (Å²) in [5, 5.41) is 0.933. The van der Waals surface area contributed by atoms with Gasteiger partial charge < -0.3 is 24.4 Å². The second-order valence-corrected chi connectivity index (χ2v) is 8.93. The molecule has 1 aliphatic carbocycles. The van der Waals surface area contributed by atoms with Crippen molar-refractivity contribution in [3.05, 3.63) is 80.9 Å². The van der Waals surface area contributed by atoms with Gasteiger partial charge in [0.15, 0.2) is 0 Å². The highest BCUT2D eigenvalue weighted by Crippen LogP contribution is 2.30. The summed E-state index contributed by atoms with van der Waals surface area (Å²) in [7, 11) is 1.64. The quantitative estimate of drug-likeness (QED) is 0.352. The molecule has 3 aromatic heterocycles. The molecular formula is C27H27FN4O4. The summed E-state index contributed by atoms with van der Waals surface area (Å²) >= 11 is 0. The molecule has 0 bridgehead atoms. The van der Waals surface area contributed by atoms with E-state index < -0.39 is 5.63 Å². The largest absolute Gasteiger partial charge is 0.497 e. The average Bonchev–Trinajstić information content (AvgIpc) is 3.35. The smallest absolute Gasteiger partial charge is 0.345 e. The normalized spacial score (nSPS) is 14.2. The van der Waals surface area contributed by atoms with Crippen LogP contribution in [0.3, 0.4) is 0 Å². The van der Waals surface area contributed by atoms with Gasteiger partial charge in [0.05, 0.1) is 35.2 Å². The first-order chi connectivity index (χ1) is 17.5. The lowest BCUT2D eigenvalue weighted by molar-refractivity contribution is 0.353. The van der Waals surface area contributed by atoms with Gasteiger partial charge in [0.1, 0.15) is 17.1 Å². The van der Waals surface area contributed by atoms with Gasteiger partial charge in [-0.2, -0.15) is 0 Å². The van der Waals surface area contributed by atoms with Gasteiger partial charge in [-0.3, -0.25) is 4.79 Å². The Balaban J connectivity index is 0.000000149. The van der Waals surface area contributed by atoms with Crippen LogP contribution in [0.25, 0.3) is 32.9 Å². The average molecular weight is 491 g/mol. The van der Waals surface area contributed by atoms with Gasteiger partial charge in [-0.1, -0.05) is 19.3 Å². The first-order valence-corrected chi connectivity index (χ1v) is 12.0. The summed E-state index contributed by atoms with van der Waals surface area (Å²) in [6, 6.07) is 11.7. The second kappa shape index (κ2) is 9.94. The van der Waals surface area contributed by atoms with Gasteiger partial charge in [0.25, 0.3) is 5.56 Å². The number of ether oxygens (including phenoxy) is 1. The molecule has 1 saturated carbocycles. The number of nitrogens with zero attached hydrogens (tertiary/aromatic N) is 2. The molecule has 186 valence electrons. The number of aromatic nitrogens is 3. The van der Waals surface area contributed by atoms with E-state index in [1.165, 1.54) is 43.7 Å². The maximum atomic E-state index is 13.2. The highest BCUT2D eigenvalue weighted by Gasteiger charge is 2.19. The predicted molar refractivity (Wildman–Crippen MR) is 137 cm³/mol. The minimum Gasteiger partial charge on any atom is -0.497 e. The number of H-pyrrole nitrogens is 1. The monoisotopic (exact) mass is 490 g/mol. The molecule has 0 spiro atoms. The Morgan fingerprint density at radius 3 is 2.67 bits per heavy atom. The number of nitrogens with one attached hydrogen (secondary N) is 1. The minimum absolute atomic E-state index is 0.00680. The highest BCUT2D eigenvalue weighted by atomic mass is 19.1. The Kier molecular flexibility index (Phi) is 6.56. The first kappa shape index (κ1) is 23.7. The zero-order valence-corrected chi connectivity index (χ0v) is 19.9. The molecule has 5 aromatic rings. The van der Waals surface area contributed by atoms with Crippen LogP contribution in [0, 0.1) is 5.82 Å². The molecule has 0 saturated heterocycles. The molecular weight excluding hydrogens is 463 g/mol. The Labute approximate surface area is 205 Å². The van der Waals surface area contributed by atoms with Crippen LogP contribution < -0.4 is 21.7 Å². The topological polar surface area (TPSA) is 116 Å². The lowest BCUT2D eigenvalue weighted by atomic mass is 9.95. The summed E-state index contributed by atoms with van der Waals surface area (Å²) in [4.78, 5) is 31.1. The molecule has 1 fully saturated rings. The third-order valence-corrected chi connectivity index (χ3v) is 6.66. The third-order valence-electron chi connectivity index (χ3n) is 6.66. The fourth-order valence-corrected chi connectivity index (χ4v) is 4.89. The fourth-order valence-electron chi connectivity index (χ4n) is 4.89. The van der Waals surface area contributed by atoms with Crippen molar-refractivity contribution in [2.45, 2.75) is 44.7 Å². The number of halogens is 1. The van der Waals surface area contributed by atoms with Crippen LogP contribution in [-0.4, -0.2) is 21.6 Å². The van der Waals surface area contributed by atoms with Crippen molar-refractivity contribution in [3.63, 3.8) is 0 Å². The van der Waals surface area contributed by atoms with E-state index in [1.54, 1.807) is 13.2 Å².